The maximum atomic E-state index is 12.7. The summed E-state index contributed by atoms with van der Waals surface area (Å²) in [4.78, 5) is 17.2. The summed E-state index contributed by atoms with van der Waals surface area (Å²) in [6, 6.07) is 0.872. The molecular weight excluding hydrogens is 298 g/mol. The van der Waals surface area contributed by atoms with Crippen LogP contribution in [0.25, 0.3) is 0 Å². The number of hydrogen-bond acceptors (Lipinski definition) is 3. The molecule has 128 valence electrons. The standard InChI is InChI=1S/C17H31N3O.ClH/c1-2-20(14-6-4-3-5-7-14)17(21)12-19-10-13-8-9-16(18)15(13)11-19;/h13-16H,2-12,18H2,1H3;1H. The molecule has 3 unspecified atom stereocenters. The molecule has 4 nitrogen and oxygen atoms in total. The van der Waals surface area contributed by atoms with Gasteiger partial charge in [-0.05, 0) is 44.4 Å². The summed E-state index contributed by atoms with van der Waals surface area (Å²) in [5.41, 5.74) is 6.19. The monoisotopic (exact) mass is 329 g/mol. The topological polar surface area (TPSA) is 49.6 Å². The van der Waals surface area contributed by atoms with Crippen molar-refractivity contribution in [2.24, 2.45) is 17.6 Å². The maximum Gasteiger partial charge on any atom is 0.236 e. The van der Waals surface area contributed by atoms with Gasteiger partial charge in [0.1, 0.15) is 0 Å². The first-order valence-electron chi connectivity index (χ1n) is 8.96. The van der Waals surface area contributed by atoms with E-state index < -0.39 is 0 Å². The van der Waals surface area contributed by atoms with Crippen LogP contribution < -0.4 is 5.73 Å². The van der Waals surface area contributed by atoms with Crippen LogP contribution in [0.3, 0.4) is 0 Å². The molecule has 2 saturated carbocycles. The highest BCUT2D eigenvalue weighted by Crippen LogP contribution is 2.37. The zero-order chi connectivity index (χ0) is 14.8. The lowest BCUT2D eigenvalue weighted by Gasteiger charge is -2.34. The van der Waals surface area contributed by atoms with Gasteiger partial charge < -0.3 is 10.6 Å². The molecule has 0 radical (unpaired) electrons. The van der Waals surface area contributed by atoms with Crippen LogP contribution in [0.15, 0.2) is 0 Å². The second-order valence-electron chi connectivity index (χ2n) is 7.33. The van der Waals surface area contributed by atoms with Crippen LogP contribution in [0, 0.1) is 11.8 Å². The molecule has 0 aromatic heterocycles. The van der Waals surface area contributed by atoms with Crippen LogP contribution in [0.1, 0.15) is 51.9 Å². The summed E-state index contributed by atoms with van der Waals surface area (Å²) < 4.78 is 0. The van der Waals surface area contributed by atoms with Crippen LogP contribution in [0.2, 0.25) is 0 Å². The van der Waals surface area contributed by atoms with E-state index >= 15 is 0 Å². The highest BCUT2D eigenvalue weighted by atomic mass is 35.5. The van der Waals surface area contributed by atoms with Crippen molar-refractivity contribution in [2.75, 3.05) is 26.2 Å². The van der Waals surface area contributed by atoms with Gasteiger partial charge in [-0.3, -0.25) is 9.69 Å². The van der Waals surface area contributed by atoms with Gasteiger partial charge in [-0.25, -0.2) is 0 Å². The minimum Gasteiger partial charge on any atom is -0.339 e. The van der Waals surface area contributed by atoms with Gasteiger partial charge in [0.2, 0.25) is 5.91 Å². The Kier molecular flexibility index (Phi) is 6.54. The quantitative estimate of drug-likeness (QED) is 0.860. The summed E-state index contributed by atoms with van der Waals surface area (Å²) in [5.74, 6) is 1.73. The van der Waals surface area contributed by atoms with Crippen LogP contribution in [0.5, 0.6) is 0 Å². The Morgan fingerprint density at radius 3 is 2.50 bits per heavy atom. The van der Waals surface area contributed by atoms with Gasteiger partial charge in [-0.2, -0.15) is 0 Å². The first-order valence-corrected chi connectivity index (χ1v) is 8.96. The maximum absolute atomic E-state index is 12.7. The number of carbonyl (C=O) groups excluding carboxylic acids is 1. The van der Waals surface area contributed by atoms with E-state index in [1.54, 1.807) is 0 Å². The third kappa shape index (κ3) is 3.77. The van der Waals surface area contributed by atoms with Crippen molar-refractivity contribution in [1.82, 2.24) is 9.80 Å². The van der Waals surface area contributed by atoms with Gasteiger partial charge in [0, 0.05) is 31.7 Å². The fourth-order valence-corrected chi connectivity index (χ4v) is 4.84. The van der Waals surface area contributed by atoms with Gasteiger partial charge in [0.05, 0.1) is 6.54 Å². The van der Waals surface area contributed by atoms with Gasteiger partial charge in [0.15, 0.2) is 0 Å². The Morgan fingerprint density at radius 2 is 1.86 bits per heavy atom. The zero-order valence-electron chi connectivity index (χ0n) is 13.9. The molecule has 0 bridgehead atoms. The molecule has 2 N–H and O–H groups in total. The molecule has 2 aliphatic carbocycles. The molecule has 1 heterocycles. The van der Waals surface area contributed by atoms with Crippen molar-refractivity contribution >= 4 is 18.3 Å². The Balaban J connectivity index is 0.00000176. The number of nitrogens with two attached hydrogens (primary N) is 1. The second kappa shape index (κ2) is 7.98. The molecule has 22 heavy (non-hydrogen) atoms. The molecule has 0 aromatic rings. The molecule has 1 aliphatic heterocycles. The fraction of sp³-hybridized carbons (Fsp3) is 0.941. The summed E-state index contributed by atoms with van der Waals surface area (Å²) >= 11 is 0. The van der Waals surface area contributed by atoms with Gasteiger partial charge >= 0.3 is 0 Å². The van der Waals surface area contributed by atoms with Gasteiger partial charge in [0.25, 0.3) is 0 Å². The fourth-order valence-electron chi connectivity index (χ4n) is 4.84. The van der Waals surface area contributed by atoms with E-state index in [-0.39, 0.29) is 12.4 Å². The van der Waals surface area contributed by atoms with E-state index in [0.29, 0.717) is 30.5 Å². The Labute approximate surface area is 141 Å². The number of rotatable bonds is 4. The highest BCUT2D eigenvalue weighted by molar-refractivity contribution is 5.85. The number of hydrogen-bond donors (Lipinski definition) is 1. The number of likely N-dealkylation sites (tertiary alicyclic amines) is 1. The number of amides is 1. The third-order valence-corrected chi connectivity index (χ3v) is 6.02. The van der Waals surface area contributed by atoms with Gasteiger partial charge in [-0.1, -0.05) is 19.3 Å². The SMILES string of the molecule is CCN(C(=O)CN1CC2CCC(N)C2C1)C1CCCCC1.Cl. The van der Waals surface area contributed by atoms with E-state index in [1.165, 1.54) is 44.9 Å². The van der Waals surface area contributed by atoms with Crippen LogP contribution in [-0.2, 0) is 4.79 Å². The first kappa shape index (κ1) is 18.0. The zero-order valence-corrected chi connectivity index (χ0v) is 14.7. The van der Waals surface area contributed by atoms with E-state index in [4.69, 9.17) is 5.73 Å². The average molecular weight is 330 g/mol. The van der Waals surface area contributed by atoms with E-state index in [9.17, 15) is 4.79 Å². The van der Waals surface area contributed by atoms with E-state index in [0.717, 1.165) is 25.6 Å². The van der Waals surface area contributed by atoms with Gasteiger partial charge in [-0.15, -0.1) is 12.4 Å². The first-order chi connectivity index (χ1) is 10.2. The van der Waals surface area contributed by atoms with E-state index in [1.807, 2.05) is 0 Å². The van der Waals surface area contributed by atoms with Crippen LogP contribution in [-0.4, -0.2) is 54.0 Å². The lowest BCUT2D eigenvalue weighted by Crippen LogP contribution is -2.46. The summed E-state index contributed by atoms with van der Waals surface area (Å²) in [6.07, 6.45) is 8.77. The number of likely N-dealkylation sites (N-methyl/N-ethyl adjacent to an activating group) is 1. The molecule has 0 aromatic carbocycles. The molecule has 3 aliphatic rings. The predicted molar refractivity (Wildman–Crippen MR) is 92.1 cm³/mol. The lowest BCUT2D eigenvalue weighted by atomic mass is 9.94. The van der Waals surface area contributed by atoms with Crippen molar-refractivity contribution in [3.63, 3.8) is 0 Å². The largest absolute Gasteiger partial charge is 0.339 e. The van der Waals surface area contributed by atoms with Crippen molar-refractivity contribution in [2.45, 2.75) is 64.0 Å². The van der Waals surface area contributed by atoms with Crippen molar-refractivity contribution < 1.29 is 4.79 Å². The lowest BCUT2D eigenvalue weighted by molar-refractivity contribution is -0.135. The third-order valence-electron chi connectivity index (χ3n) is 6.02. The highest BCUT2D eigenvalue weighted by Gasteiger charge is 2.41. The smallest absolute Gasteiger partial charge is 0.236 e. The number of fused-ring (bicyclic) bond motifs is 1. The normalized spacial score (nSPS) is 32.5. The van der Waals surface area contributed by atoms with Crippen LogP contribution in [0.4, 0.5) is 0 Å². The number of nitrogens with zero attached hydrogens (tertiary/aromatic N) is 2. The molecule has 1 amide bonds. The number of halogens is 1. The minimum atomic E-state index is 0. The van der Waals surface area contributed by atoms with Crippen molar-refractivity contribution in [3.8, 4) is 0 Å². The van der Waals surface area contributed by atoms with Crippen molar-refractivity contribution in [1.29, 1.82) is 0 Å². The molecule has 3 atom stereocenters. The summed E-state index contributed by atoms with van der Waals surface area (Å²) in [6.45, 7) is 5.74. The number of carbonyl (C=O) groups is 1. The summed E-state index contributed by atoms with van der Waals surface area (Å²) in [7, 11) is 0. The van der Waals surface area contributed by atoms with Crippen molar-refractivity contribution in [3.05, 3.63) is 0 Å². The Bertz CT molecular complexity index is 373. The Hall–Kier alpha value is -0.320. The summed E-state index contributed by atoms with van der Waals surface area (Å²) in [5, 5.41) is 0. The Morgan fingerprint density at radius 1 is 1.14 bits per heavy atom. The second-order valence-corrected chi connectivity index (χ2v) is 7.33. The average Bonchev–Trinajstić information content (AvgIpc) is 3.03. The minimum absolute atomic E-state index is 0. The van der Waals surface area contributed by atoms with Crippen LogP contribution >= 0.6 is 12.4 Å². The molecular formula is C17H32ClN3O. The molecule has 3 fully saturated rings. The molecule has 1 saturated heterocycles. The predicted octanol–water partition coefficient (Wildman–Crippen LogP) is 2.26. The molecule has 3 rings (SSSR count). The van der Waals surface area contributed by atoms with E-state index in [2.05, 4.69) is 16.7 Å². The molecule has 0 spiro atoms. The molecule has 5 heteroatoms.